The first-order chi connectivity index (χ1) is 8.56. The van der Waals surface area contributed by atoms with E-state index in [-0.39, 0.29) is 17.8 Å². The summed E-state index contributed by atoms with van der Waals surface area (Å²) in [6.45, 7) is 4.00. The van der Waals surface area contributed by atoms with E-state index in [9.17, 15) is 4.79 Å². The normalized spacial score (nSPS) is 13.1. The number of hydrogen-bond acceptors (Lipinski definition) is 3. The van der Waals surface area contributed by atoms with E-state index in [2.05, 4.69) is 10.5 Å². The summed E-state index contributed by atoms with van der Waals surface area (Å²) in [7, 11) is 0. The first kappa shape index (κ1) is 14.0. The number of benzene rings is 1. The summed E-state index contributed by atoms with van der Waals surface area (Å²) >= 11 is 0. The van der Waals surface area contributed by atoms with Crippen molar-refractivity contribution in [2.45, 2.75) is 32.7 Å². The van der Waals surface area contributed by atoms with Gasteiger partial charge in [0.25, 0.3) is 0 Å². The molecule has 0 saturated heterocycles. The maximum absolute atomic E-state index is 11.7. The molecule has 0 fully saturated rings. The Morgan fingerprint density at radius 1 is 1.44 bits per heavy atom. The molecule has 1 amide bonds. The molecule has 5 nitrogen and oxygen atoms in total. The second-order valence-corrected chi connectivity index (χ2v) is 4.24. The summed E-state index contributed by atoms with van der Waals surface area (Å²) < 4.78 is 0. The number of carbonyl (C=O) groups excluding carboxylic acids is 1. The molecule has 0 saturated carbocycles. The van der Waals surface area contributed by atoms with Gasteiger partial charge in [0.1, 0.15) is 0 Å². The second-order valence-electron chi connectivity index (χ2n) is 4.24. The first-order valence-electron chi connectivity index (χ1n) is 5.93. The van der Waals surface area contributed by atoms with Gasteiger partial charge in [-0.1, -0.05) is 36.3 Å². The van der Waals surface area contributed by atoms with Crippen molar-refractivity contribution in [3.8, 4) is 0 Å². The molecule has 0 aliphatic heterocycles. The Hall–Kier alpha value is -2.04. The maximum Gasteiger partial charge on any atom is 0.224 e. The van der Waals surface area contributed by atoms with Crippen molar-refractivity contribution >= 4 is 11.7 Å². The van der Waals surface area contributed by atoms with Gasteiger partial charge in [-0.25, -0.2) is 0 Å². The monoisotopic (exact) mass is 249 g/mol. The number of hydrogen-bond donors (Lipinski definition) is 3. The molecule has 1 rings (SSSR count). The molecule has 0 radical (unpaired) electrons. The van der Waals surface area contributed by atoms with Gasteiger partial charge in [0, 0.05) is 11.6 Å². The van der Waals surface area contributed by atoms with Gasteiger partial charge < -0.3 is 16.3 Å². The lowest BCUT2D eigenvalue weighted by Gasteiger charge is -2.11. The van der Waals surface area contributed by atoms with Crippen molar-refractivity contribution < 1.29 is 10.0 Å². The molecule has 1 aromatic carbocycles. The van der Waals surface area contributed by atoms with Gasteiger partial charge in [-0.3, -0.25) is 4.79 Å². The van der Waals surface area contributed by atoms with Crippen LogP contribution in [-0.4, -0.2) is 23.0 Å². The van der Waals surface area contributed by atoms with E-state index in [0.717, 1.165) is 12.0 Å². The quantitative estimate of drug-likeness (QED) is 0.317. The van der Waals surface area contributed by atoms with E-state index < -0.39 is 0 Å². The fourth-order valence-corrected chi connectivity index (χ4v) is 1.46. The summed E-state index contributed by atoms with van der Waals surface area (Å²) in [6.07, 6.45) is 1.25. The number of nitrogens with zero attached hydrogens (tertiary/aromatic N) is 1. The van der Waals surface area contributed by atoms with Crippen LogP contribution in [0.25, 0.3) is 0 Å². The van der Waals surface area contributed by atoms with Crippen LogP contribution in [0.4, 0.5) is 0 Å². The standard InChI is InChI=1S/C13H19N3O2/c1-3-9(2)15-12(17)8-10-4-6-11(7-5-10)13(14)16-18/h4-7,9,18H,3,8H2,1-2H3,(H2,14,16)(H,15,17). The minimum absolute atomic E-state index is 0.000831. The van der Waals surface area contributed by atoms with Gasteiger partial charge in [0.05, 0.1) is 6.42 Å². The predicted octanol–water partition coefficient (Wildman–Crippen LogP) is 1.24. The molecule has 0 bridgehead atoms. The highest BCUT2D eigenvalue weighted by atomic mass is 16.4. The summed E-state index contributed by atoms with van der Waals surface area (Å²) in [5, 5.41) is 14.3. The average molecular weight is 249 g/mol. The van der Waals surface area contributed by atoms with Crippen molar-refractivity contribution in [3.63, 3.8) is 0 Å². The zero-order valence-electron chi connectivity index (χ0n) is 10.7. The molecular formula is C13H19N3O2. The largest absolute Gasteiger partial charge is 0.409 e. The van der Waals surface area contributed by atoms with Crippen molar-refractivity contribution in [1.82, 2.24) is 5.32 Å². The number of nitrogens with two attached hydrogens (primary N) is 1. The van der Waals surface area contributed by atoms with E-state index in [1.807, 2.05) is 13.8 Å². The number of rotatable bonds is 5. The third kappa shape index (κ3) is 4.08. The van der Waals surface area contributed by atoms with Crippen LogP contribution < -0.4 is 11.1 Å². The summed E-state index contributed by atoms with van der Waals surface area (Å²) in [6, 6.07) is 7.23. The van der Waals surface area contributed by atoms with Gasteiger partial charge in [-0.2, -0.15) is 0 Å². The molecule has 98 valence electrons. The molecule has 1 atom stereocenters. The van der Waals surface area contributed by atoms with Gasteiger partial charge in [0.15, 0.2) is 5.84 Å². The average Bonchev–Trinajstić information content (AvgIpc) is 2.38. The lowest BCUT2D eigenvalue weighted by molar-refractivity contribution is -0.121. The van der Waals surface area contributed by atoms with Crippen molar-refractivity contribution in [1.29, 1.82) is 0 Å². The van der Waals surface area contributed by atoms with E-state index in [1.54, 1.807) is 24.3 Å². The molecule has 18 heavy (non-hydrogen) atoms. The van der Waals surface area contributed by atoms with Gasteiger partial charge >= 0.3 is 0 Å². The number of nitrogens with one attached hydrogen (secondary N) is 1. The van der Waals surface area contributed by atoms with Crippen LogP contribution in [0.15, 0.2) is 29.4 Å². The Morgan fingerprint density at radius 3 is 2.56 bits per heavy atom. The molecule has 4 N–H and O–H groups in total. The van der Waals surface area contributed by atoms with Crippen molar-refractivity contribution in [2.75, 3.05) is 0 Å². The minimum atomic E-state index is 0.000831. The lowest BCUT2D eigenvalue weighted by atomic mass is 10.1. The SMILES string of the molecule is CCC(C)NC(=O)Cc1ccc(C(N)=NO)cc1. The smallest absolute Gasteiger partial charge is 0.224 e. The number of amides is 1. The highest BCUT2D eigenvalue weighted by Gasteiger charge is 2.07. The van der Waals surface area contributed by atoms with Crippen LogP contribution in [0.5, 0.6) is 0 Å². The molecule has 0 aliphatic rings. The van der Waals surface area contributed by atoms with Gasteiger partial charge in [0.2, 0.25) is 5.91 Å². The zero-order chi connectivity index (χ0) is 13.5. The van der Waals surface area contributed by atoms with E-state index in [4.69, 9.17) is 10.9 Å². The molecule has 0 spiro atoms. The summed E-state index contributed by atoms with van der Waals surface area (Å²) in [5.74, 6) is 0.0616. The van der Waals surface area contributed by atoms with Crippen molar-refractivity contribution in [3.05, 3.63) is 35.4 Å². The topological polar surface area (TPSA) is 87.7 Å². The van der Waals surface area contributed by atoms with E-state index >= 15 is 0 Å². The van der Waals surface area contributed by atoms with Gasteiger partial charge in [-0.15, -0.1) is 0 Å². The fourth-order valence-electron chi connectivity index (χ4n) is 1.46. The number of oxime groups is 1. The van der Waals surface area contributed by atoms with Crippen LogP contribution in [-0.2, 0) is 11.2 Å². The van der Waals surface area contributed by atoms with Crippen LogP contribution in [0.3, 0.4) is 0 Å². The predicted molar refractivity (Wildman–Crippen MR) is 70.6 cm³/mol. The van der Waals surface area contributed by atoms with E-state index in [0.29, 0.717) is 12.0 Å². The number of amidine groups is 1. The van der Waals surface area contributed by atoms with Crippen LogP contribution in [0.2, 0.25) is 0 Å². The number of carbonyl (C=O) groups is 1. The first-order valence-corrected chi connectivity index (χ1v) is 5.93. The Bertz CT molecular complexity index is 426. The van der Waals surface area contributed by atoms with Crippen LogP contribution in [0.1, 0.15) is 31.4 Å². The Kier molecular flexibility index (Phi) is 5.17. The molecule has 0 aliphatic carbocycles. The van der Waals surface area contributed by atoms with Crippen molar-refractivity contribution in [2.24, 2.45) is 10.9 Å². The second kappa shape index (κ2) is 6.64. The van der Waals surface area contributed by atoms with Crippen LogP contribution in [0, 0.1) is 0 Å². The summed E-state index contributed by atoms with van der Waals surface area (Å²) in [4.78, 5) is 11.7. The minimum Gasteiger partial charge on any atom is -0.409 e. The Morgan fingerprint density at radius 2 is 2.06 bits per heavy atom. The zero-order valence-corrected chi connectivity index (χ0v) is 10.7. The highest BCUT2D eigenvalue weighted by molar-refractivity contribution is 5.97. The van der Waals surface area contributed by atoms with Gasteiger partial charge in [-0.05, 0) is 18.9 Å². The molecular weight excluding hydrogens is 230 g/mol. The molecule has 1 unspecified atom stereocenters. The van der Waals surface area contributed by atoms with E-state index in [1.165, 1.54) is 0 Å². The Labute approximate surface area is 107 Å². The Balaban J connectivity index is 2.61. The molecule has 0 heterocycles. The maximum atomic E-state index is 11.7. The molecule has 1 aromatic rings. The third-order valence-corrected chi connectivity index (χ3v) is 2.74. The molecule has 0 aromatic heterocycles. The summed E-state index contributed by atoms with van der Waals surface area (Å²) in [5.41, 5.74) is 6.97. The lowest BCUT2D eigenvalue weighted by Crippen LogP contribution is -2.33. The van der Waals surface area contributed by atoms with Crippen LogP contribution >= 0.6 is 0 Å². The molecule has 5 heteroatoms. The highest BCUT2D eigenvalue weighted by Crippen LogP contribution is 2.05. The third-order valence-electron chi connectivity index (χ3n) is 2.74. The fraction of sp³-hybridized carbons (Fsp3) is 0.385.